The van der Waals surface area contributed by atoms with Gasteiger partial charge in [-0.2, -0.15) is 0 Å². The van der Waals surface area contributed by atoms with Crippen molar-refractivity contribution in [3.05, 3.63) is 0 Å². The van der Waals surface area contributed by atoms with E-state index in [2.05, 4.69) is 65.2 Å². The van der Waals surface area contributed by atoms with Gasteiger partial charge in [-0.3, -0.25) is 9.80 Å². The van der Waals surface area contributed by atoms with E-state index in [1.54, 1.807) is 0 Å². The van der Waals surface area contributed by atoms with Crippen LogP contribution in [0.15, 0.2) is 0 Å². The van der Waals surface area contributed by atoms with Crippen molar-refractivity contribution in [2.75, 3.05) is 45.9 Å². The standard InChI is InChI=1S/C44H76N2O6/c1-12-49-37(40(8,9)48)29-21-27(2)34-35(51-29)36(47)42(11)31-14-13-30-39(6,7)32(15-16-43(30)25-44(31,43)18-17-41(34,42)10)52-33-24-46(19-20-50-33)28-22-45(23-28)26-38(3,4)5/h27-37,47-48H,12-26H2,1-11H3/t27-,29-,30+,31+,32+,33+,34+,35+,36+,37+,41-,42-,43-,44+/m1/s1. The van der Waals surface area contributed by atoms with Crippen LogP contribution >= 0.6 is 0 Å². The van der Waals surface area contributed by atoms with E-state index in [0.717, 1.165) is 32.5 Å². The lowest BCUT2D eigenvalue weighted by Crippen LogP contribution is -2.64. The van der Waals surface area contributed by atoms with Gasteiger partial charge in [0.05, 0.1) is 36.6 Å². The largest absolute Gasteiger partial charge is 0.390 e. The molecule has 3 heterocycles. The minimum absolute atomic E-state index is 0.0219. The predicted molar refractivity (Wildman–Crippen MR) is 204 cm³/mol. The van der Waals surface area contributed by atoms with Gasteiger partial charge in [-0.25, -0.2) is 0 Å². The molecule has 14 atom stereocenters. The maximum atomic E-state index is 12.7. The minimum Gasteiger partial charge on any atom is -0.390 e. The average molecular weight is 729 g/mol. The number of morpholine rings is 1. The molecule has 2 N–H and O–H groups in total. The molecule has 8 nitrogen and oxygen atoms in total. The second-order valence-corrected chi connectivity index (χ2v) is 22.4. The molecule has 8 rings (SSSR count). The van der Waals surface area contributed by atoms with Crippen molar-refractivity contribution < 1.29 is 29.2 Å². The second kappa shape index (κ2) is 12.6. The van der Waals surface area contributed by atoms with Crippen LogP contribution < -0.4 is 0 Å². The number of hydrogen-bond donors (Lipinski definition) is 2. The van der Waals surface area contributed by atoms with Crippen LogP contribution in [0.25, 0.3) is 0 Å². The van der Waals surface area contributed by atoms with Crippen molar-refractivity contribution in [3.63, 3.8) is 0 Å². The molecule has 52 heavy (non-hydrogen) atoms. The number of likely N-dealkylation sites (tertiary alicyclic amines) is 1. The molecular formula is C44H76N2O6. The molecule has 5 saturated carbocycles. The Morgan fingerprint density at radius 2 is 1.62 bits per heavy atom. The Morgan fingerprint density at radius 1 is 0.923 bits per heavy atom. The van der Waals surface area contributed by atoms with E-state index in [9.17, 15) is 10.2 Å². The summed E-state index contributed by atoms with van der Waals surface area (Å²) in [6, 6.07) is 0.626. The molecule has 0 aromatic heterocycles. The summed E-state index contributed by atoms with van der Waals surface area (Å²) in [5.74, 6) is 1.85. The van der Waals surface area contributed by atoms with Crippen molar-refractivity contribution in [1.82, 2.24) is 9.80 Å². The fourth-order valence-corrected chi connectivity index (χ4v) is 15.5. The second-order valence-electron chi connectivity index (χ2n) is 22.4. The van der Waals surface area contributed by atoms with Gasteiger partial charge in [-0.15, -0.1) is 0 Å². The van der Waals surface area contributed by atoms with E-state index in [1.807, 2.05) is 20.8 Å². The summed E-state index contributed by atoms with van der Waals surface area (Å²) >= 11 is 0. The smallest absolute Gasteiger partial charge is 0.170 e. The van der Waals surface area contributed by atoms with Gasteiger partial charge in [-0.1, -0.05) is 55.4 Å². The normalized spacial score (nSPS) is 49.9. The van der Waals surface area contributed by atoms with Crippen molar-refractivity contribution in [2.45, 2.75) is 176 Å². The Hall–Kier alpha value is -0.320. The highest BCUT2D eigenvalue weighted by Gasteiger charge is 2.84. The Balaban J connectivity index is 0.967. The quantitative estimate of drug-likeness (QED) is 0.284. The average Bonchev–Trinajstić information content (AvgIpc) is 3.66. The SMILES string of the molecule is CCO[C@@H]([C@H]1C[C@@H](C)[C@H]2[C@H](O1)[C@H](O)[C@@]1(C)[C@@H]3CC[C@H]4C(C)(C)[C@@H](O[C@H]5CN(C6CN(CC(C)(C)C)C6)CCO5)CC[C@@]45C[C@@]35CC[C@]21C)C(C)(C)O. The van der Waals surface area contributed by atoms with Crippen LogP contribution in [0.1, 0.15) is 128 Å². The number of rotatable bonds is 8. The lowest BCUT2D eigenvalue weighted by atomic mass is 9.41. The summed E-state index contributed by atoms with van der Waals surface area (Å²) in [6.07, 6.45) is 8.14. The Bertz CT molecular complexity index is 1340. The summed E-state index contributed by atoms with van der Waals surface area (Å²) in [4.78, 5) is 5.25. The summed E-state index contributed by atoms with van der Waals surface area (Å²) in [6.45, 7) is 31.8. The van der Waals surface area contributed by atoms with E-state index in [-0.39, 0.29) is 40.8 Å². The van der Waals surface area contributed by atoms with Gasteiger partial charge in [0.25, 0.3) is 0 Å². The van der Waals surface area contributed by atoms with Gasteiger partial charge >= 0.3 is 0 Å². The molecule has 3 saturated heterocycles. The lowest BCUT2D eigenvalue weighted by molar-refractivity contribution is -0.253. The summed E-state index contributed by atoms with van der Waals surface area (Å²) in [5, 5.41) is 23.8. The first-order valence-corrected chi connectivity index (χ1v) is 21.6. The zero-order valence-electron chi connectivity index (χ0n) is 34.9. The Morgan fingerprint density at radius 3 is 2.29 bits per heavy atom. The monoisotopic (exact) mass is 729 g/mol. The number of hydrogen-bond acceptors (Lipinski definition) is 8. The maximum absolute atomic E-state index is 12.7. The third kappa shape index (κ3) is 5.55. The van der Waals surface area contributed by atoms with Crippen LogP contribution in [0.4, 0.5) is 0 Å². The molecule has 3 aliphatic heterocycles. The molecule has 8 fully saturated rings. The first-order chi connectivity index (χ1) is 24.2. The minimum atomic E-state index is -1.01. The van der Waals surface area contributed by atoms with Crippen LogP contribution in [0, 0.1) is 56.2 Å². The maximum Gasteiger partial charge on any atom is 0.170 e. The van der Waals surface area contributed by atoms with Gasteiger partial charge < -0.3 is 29.2 Å². The van der Waals surface area contributed by atoms with Gasteiger partial charge in [0.1, 0.15) is 6.10 Å². The molecule has 2 spiro atoms. The topological polar surface area (TPSA) is 83.9 Å². The van der Waals surface area contributed by atoms with Crippen LogP contribution in [0.2, 0.25) is 0 Å². The molecule has 8 aliphatic rings. The molecule has 5 aliphatic carbocycles. The van der Waals surface area contributed by atoms with Crippen molar-refractivity contribution in [1.29, 1.82) is 0 Å². The van der Waals surface area contributed by atoms with E-state index in [4.69, 9.17) is 18.9 Å². The number of ether oxygens (including phenoxy) is 4. The first-order valence-electron chi connectivity index (χ1n) is 21.6. The van der Waals surface area contributed by atoms with Gasteiger partial charge in [0, 0.05) is 50.8 Å². The first kappa shape index (κ1) is 38.5. The highest BCUT2D eigenvalue weighted by atomic mass is 16.7. The molecular weight excluding hydrogens is 652 g/mol. The molecule has 0 amide bonds. The van der Waals surface area contributed by atoms with E-state index in [1.165, 1.54) is 58.2 Å². The van der Waals surface area contributed by atoms with Gasteiger partial charge in [-0.05, 0) is 123 Å². The van der Waals surface area contributed by atoms with Crippen LogP contribution in [-0.2, 0) is 18.9 Å². The van der Waals surface area contributed by atoms with E-state index in [0.29, 0.717) is 52.6 Å². The number of aliphatic hydroxyl groups is 2. The fourth-order valence-electron chi connectivity index (χ4n) is 15.5. The molecule has 8 heteroatoms. The zero-order chi connectivity index (χ0) is 37.4. The van der Waals surface area contributed by atoms with Crippen LogP contribution in [0.5, 0.6) is 0 Å². The number of aliphatic hydroxyl groups excluding tert-OH is 1. The molecule has 0 aromatic rings. The molecule has 0 aromatic carbocycles. The van der Waals surface area contributed by atoms with Crippen molar-refractivity contribution in [2.24, 2.45) is 56.2 Å². The summed E-state index contributed by atoms with van der Waals surface area (Å²) in [5.41, 5.74) is -0.0945. The third-order valence-electron chi connectivity index (χ3n) is 17.7. The zero-order valence-corrected chi connectivity index (χ0v) is 34.9. The molecule has 0 bridgehead atoms. The Labute approximate surface area is 316 Å². The van der Waals surface area contributed by atoms with Gasteiger partial charge in [0.15, 0.2) is 6.29 Å². The molecule has 298 valence electrons. The van der Waals surface area contributed by atoms with Crippen LogP contribution in [0.3, 0.4) is 0 Å². The lowest BCUT2D eigenvalue weighted by Gasteiger charge is -2.64. The number of fused-ring (bicyclic) bond motifs is 4. The summed E-state index contributed by atoms with van der Waals surface area (Å²) in [7, 11) is 0. The number of nitrogens with zero attached hydrogens (tertiary/aromatic N) is 2. The fraction of sp³-hybridized carbons (Fsp3) is 1.00. The van der Waals surface area contributed by atoms with E-state index < -0.39 is 17.8 Å². The predicted octanol–water partition coefficient (Wildman–Crippen LogP) is 6.75. The highest BCUT2D eigenvalue weighted by molar-refractivity contribution is 5.33. The van der Waals surface area contributed by atoms with Crippen molar-refractivity contribution in [3.8, 4) is 0 Å². The van der Waals surface area contributed by atoms with Crippen LogP contribution in [-0.4, -0.2) is 114 Å². The molecule has 0 radical (unpaired) electrons. The van der Waals surface area contributed by atoms with E-state index >= 15 is 0 Å². The van der Waals surface area contributed by atoms with Crippen molar-refractivity contribution >= 4 is 0 Å². The molecule has 0 unspecified atom stereocenters. The third-order valence-corrected chi connectivity index (χ3v) is 17.7. The Kier molecular flexibility index (Phi) is 9.33. The van der Waals surface area contributed by atoms with Gasteiger partial charge in [0.2, 0.25) is 0 Å². The summed E-state index contributed by atoms with van der Waals surface area (Å²) < 4.78 is 26.5. The highest BCUT2D eigenvalue weighted by Crippen LogP contribution is 2.89.